The highest BCUT2D eigenvalue weighted by atomic mass is 16.6. The zero-order valence-corrected chi connectivity index (χ0v) is 18.6. The first kappa shape index (κ1) is 21.1. The van der Waals surface area contributed by atoms with Gasteiger partial charge in [-0.1, -0.05) is 36.4 Å². The third-order valence-electron chi connectivity index (χ3n) is 5.75. The summed E-state index contributed by atoms with van der Waals surface area (Å²) in [6.45, 7) is 0. The molecule has 3 aromatic carbocycles. The molecule has 168 valence electrons. The number of ether oxygens (including phenoxy) is 1. The number of anilines is 1. The molecule has 0 unspecified atom stereocenters. The Kier molecular flexibility index (Phi) is 5.39. The van der Waals surface area contributed by atoms with E-state index in [4.69, 9.17) is 4.74 Å². The van der Waals surface area contributed by atoms with Crippen molar-refractivity contribution in [2.45, 2.75) is 0 Å². The molecule has 0 saturated heterocycles. The molecule has 0 spiro atoms. The summed E-state index contributed by atoms with van der Waals surface area (Å²) < 4.78 is 7.32. The van der Waals surface area contributed by atoms with E-state index in [0.29, 0.717) is 11.6 Å². The van der Waals surface area contributed by atoms with Gasteiger partial charge in [-0.15, -0.1) is 0 Å². The standard InChI is InChI=1S/C26H21N5O3/c1-27-25-14-26(29-16-28-25)30-15-23(17-6-9-21(34-2)10-7-17)22-11-8-19(13-24(22)30)18-4-3-5-20(12-18)31(32)33/h3-16H,1-2H3,(H,27,28,29). The number of methoxy groups -OCH3 is 1. The second kappa shape index (κ2) is 8.67. The lowest BCUT2D eigenvalue weighted by atomic mass is 10.0. The molecule has 0 amide bonds. The molecule has 0 saturated carbocycles. The number of non-ortho nitro benzene ring substituents is 1. The molecular weight excluding hydrogens is 430 g/mol. The van der Waals surface area contributed by atoms with E-state index in [1.54, 1.807) is 19.2 Å². The predicted octanol–water partition coefficient (Wildman–Crippen LogP) is 5.71. The zero-order valence-electron chi connectivity index (χ0n) is 18.6. The highest BCUT2D eigenvalue weighted by Gasteiger charge is 2.15. The lowest BCUT2D eigenvalue weighted by Gasteiger charge is -2.08. The number of nitrogens with one attached hydrogen (secondary N) is 1. The van der Waals surface area contributed by atoms with Crippen molar-refractivity contribution in [3.05, 3.63) is 95.4 Å². The maximum Gasteiger partial charge on any atom is 0.270 e. The van der Waals surface area contributed by atoms with Gasteiger partial charge in [0.2, 0.25) is 0 Å². The van der Waals surface area contributed by atoms with Crippen LogP contribution in [0.1, 0.15) is 0 Å². The molecule has 0 atom stereocenters. The number of rotatable bonds is 6. The van der Waals surface area contributed by atoms with Gasteiger partial charge in [-0.25, -0.2) is 9.97 Å². The molecule has 0 fully saturated rings. The number of aromatic nitrogens is 3. The van der Waals surface area contributed by atoms with Crippen LogP contribution in [0.2, 0.25) is 0 Å². The Balaban J connectivity index is 1.73. The molecule has 0 aliphatic carbocycles. The SMILES string of the molecule is CNc1cc(-n2cc(-c3ccc(OC)cc3)c3ccc(-c4cccc([N+](=O)[O-])c4)cc32)ncn1. The molecule has 0 bridgehead atoms. The van der Waals surface area contributed by atoms with Gasteiger partial charge in [-0.2, -0.15) is 0 Å². The van der Waals surface area contributed by atoms with Crippen molar-refractivity contribution in [3.63, 3.8) is 0 Å². The first-order valence-corrected chi connectivity index (χ1v) is 10.6. The summed E-state index contributed by atoms with van der Waals surface area (Å²) >= 11 is 0. The molecule has 5 aromatic rings. The lowest BCUT2D eigenvalue weighted by molar-refractivity contribution is -0.384. The van der Waals surface area contributed by atoms with Crippen LogP contribution in [0.25, 0.3) is 39.0 Å². The fourth-order valence-corrected chi connectivity index (χ4v) is 4.01. The largest absolute Gasteiger partial charge is 0.497 e. The molecule has 34 heavy (non-hydrogen) atoms. The fraction of sp³-hybridized carbons (Fsp3) is 0.0769. The van der Waals surface area contributed by atoms with Gasteiger partial charge in [0.25, 0.3) is 5.69 Å². The van der Waals surface area contributed by atoms with Crippen LogP contribution in [0.4, 0.5) is 11.5 Å². The van der Waals surface area contributed by atoms with Gasteiger partial charge in [0.05, 0.1) is 17.5 Å². The molecule has 0 aliphatic heterocycles. The fourth-order valence-electron chi connectivity index (χ4n) is 4.01. The van der Waals surface area contributed by atoms with E-state index < -0.39 is 0 Å². The maximum atomic E-state index is 11.3. The number of nitro groups is 1. The average Bonchev–Trinajstić information content (AvgIpc) is 3.27. The summed E-state index contributed by atoms with van der Waals surface area (Å²) in [5.74, 6) is 2.20. The van der Waals surface area contributed by atoms with E-state index in [1.807, 2.05) is 72.4 Å². The quantitative estimate of drug-likeness (QED) is 0.262. The van der Waals surface area contributed by atoms with E-state index >= 15 is 0 Å². The lowest BCUT2D eigenvalue weighted by Crippen LogP contribution is -2.00. The number of benzene rings is 3. The number of nitro benzene ring substituents is 1. The van der Waals surface area contributed by atoms with Crippen molar-refractivity contribution in [2.24, 2.45) is 0 Å². The minimum Gasteiger partial charge on any atom is -0.497 e. The van der Waals surface area contributed by atoms with Crippen LogP contribution in [0.15, 0.2) is 85.3 Å². The summed E-state index contributed by atoms with van der Waals surface area (Å²) in [5, 5.41) is 15.4. The van der Waals surface area contributed by atoms with E-state index in [2.05, 4.69) is 15.3 Å². The van der Waals surface area contributed by atoms with Crippen LogP contribution in [0.3, 0.4) is 0 Å². The molecule has 2 heterocycles. The Morgan fingerprint density at radius 2 is 1.71 bits per heavy atom. The Bertz CT molecular complexity index is 1510. The van der Waals surface area contributed by atoms with Crippen LogP contribution in [0, 0.1) is 10.1 Å². The Morgan fingerprint density at radius 3 is 2.44 bits per heavy atom. The third kappa shape index (κ3) is 3.81. The summed E-state index contributed by atoms with van der Waals surface area (Å²) in [7, 11) is 3.45. The van der Waals surface area contributed by atoms with E-state index in [-0.39, 0.29) is 10.6 Å². The van der Waals surface area contributed by atoms with Gasteiger partial charge in [-0.3, -0.25) is 10.1 Å². The topological polar surface area (TPSA) is 95.1 Å². The smallest absolute Gasteiger partial charge is 0.270 e. The third-order valence-corrected chi connectivity index (χ3v) is 5.75. The molecule has 2 aromatic heterocycles. The molecule has 1 N–H and O–H groups in total. The number of hydrogen-bond donors (Lipinski definition) is 1. The van der Waals surface area contributed by atoms with Gasteiger partial charge in [0.15, 0.2) is 0 Å². The van der Waals surface area contributed by atoms with Gasteiger partial charge in [0, 0.05) is 42.4 Å². The van der Waals surface area contributed by atoms with Crippen molar-refractivity contribution < 1.29 is 9.66 Å². The highest BCUT2D eigenvalue weighted by Crippen LogP contribution is 2.36. The van der Waals surface area contributed by atoms with Crippen LogP contribution in [-0.4, -0.2) is 33.6 Å². The number of nitrogens with zero attached hydrogens (tertiary/aromatic N) is 4. The van der Waals surface area contributed by atoms with Crippen LogP contribution >= 0.6 is 0 Å². The van der Waals surface area contributed by atoms with Crippen molar-refractivity contribution in [2.75, 3.05) is 19.5 Å². The van der Waals surface area contributed by atoms with E-state index in [1.165, 1.54) is 12.4 Å². The monoisotopic (exact) mass is 451 g/mol. The Hall–Kier alpha value is -4.72. The molecule has 0 radical (unpaired) electrons. The minimum atomic E-state index is -0.382. The first-order chi connectivity index (χ1) is 16.6. The second-order valence-electron chi connectivity index (χ2n) is 7.69. The predicted molar refractivity (Wildman–Crippen MR) is 132 cm³/mol. The number of fused-ring (bicyclic) bond motifs is 1. The summed E-state index contributed by atoms with van der Waals surface area (Å²) in [6, 6.07) is 22.5. The first-order valence-electron chi connectivity index (χ1n) is 10.6. The summed E-state index contributed by atoms with van der Waals surface area (Å²) in [4.78, 5) is 19.6. The van der Waals surface area contributed by atoms with Crippen molar-refractivity contribution in [1.29, 1.82) is 0 Å². The van der Waals surface area contributed by atoms with Crippen molar-refractivity contribution >= 4 is 22.4 Å². The normalized spacial score (nSPS) is 10.9. The minimum absolute atomic E-state index is 0.0568. The van der Waals surface area contributed by atoms with E-state index in [0.717, 1.165) is 38.9 Å². The van der Waals surface area contributed by atoms with Gasteiger partial charge in [0.1, 0.15) is 23.7 Å². The highest BCUT2D eigenvalue weighted by molar-refractivity contribution is 5.99. The van der Waals surface area contributed by atoms with Gasteiger partial charge in [-0.05, 0) is 34.9 Å². The molecule has 5 rings (SSSR count). The van der Waals surface area contributed by atoms with Gasteiger partial charge >= 0.3 is 0 Å². The van der Waals surface area contributed by atoms with Crippen molar-refractivity contribution in [1.82, 2.24) is 14.5 Å². The molecular formula is C26H21N5O3. The van der Waals surface area contributed by atoms with Crippen LogP contribution in [-0.2, 0) is 0 Å². The molecule has 8 heteroatoms. The van der Waals surface area contributed by atoms with Crippen molar-refractivity contribution in [3.8, 4) is 33.8 Å². The molecule has 8 nitrogen and oxygen atoms in total. The summed E-state index contributed by atoms with van der Waals surface area (Å²) in [6.07, 6.45) is 3.57. The number of hydrogen-bond acceptors (Lipinski definition) is 6. The summed E-state index contributed by atoms with van der Waals surface area (Å²) in [5.41, 5.74) is 4.70. The van der Waals surface area contributed by atoms with E-state index in [9.17, 15) is 10.1 Å². The van der Waals surface area contributed by atoms with Gasteiger partial charge < -0.3 is 14.6 Å². The Labute approximate surface area is 195 Å². The van der Waals surface area contributed by atoms with Crippen LogP contribution in [0.5, 0.6) is 5.75 Å². The maximum absolute atomic E-state index is 11.3. The van der Waals surface area contributed by atoms with Crippen LogP contribution < -0.4 is 10.1 Å². The second-order valence-corrected chi connectivity index (χ2v) is 7.69. The average molecular weight is 451 g/mol. The molecule has 0 aliphatic rings. The zero-order chi connectivity index (χ0) is 23.7. The Morgan fingerprint density at radius 1 is 0.941 bits per heavy atom.